The fourth-order valence-electron chi connectivity index (χ4n) is 3.13. The maximum atomic E-state index is 6.05. The van der Waals surface area contributed by atoms with E-state index in [4.69, 9.17) is 28.4 Å². The van der Waals surface area contributed by atoms with Crippen molar-refractivity contribution in [1.82, 2.24) is 0 Å². The van der Waals surface area contributed by atoms with Gasteiger partial charge in [-0.3, -0.25) is 0 Å². The van der Waals surface area contributed by atoms with E-state index < -0.39 is 17.4 Å². The molecule has 0 aromatic carbocycles. The highest BCUT2D eigenvalue weighted by atomic mass is 32.2. The summed E-state index contributed by atoms with van der Waals surface area (Å²) in [7, 11) is 0. The summed E-state index contributed by atoms with van der Waals surface area (Å²) in [6.45, 7) is 8.29. The molecular formula is C14H24O6S. The smallest absolute Gasteiger partial charge is 0.224 e. The average molecular weight is 320 g/mol. The monoisotopic (exact) mass is 320 g/mol. The molecule has 0 N–H and O–H groups in total. The third-order valence-corrected chi connectivity index (χ3v) is 4.22. The van der Waals surface area contributed by atoms with Crippen LogP contribution in [0.4, 0.5) is 0 Å². The number of hydrogen-bond donors (Lipinski definition) is 0. The zero-order chi connectivity index (χ0) is 15.3. The molecule has 4 atom stereocenters. The summed E-state index contributed by atoms with van der Waals surface area (Å²) in [4.78, 5) is 0. The van der Waals surface area contributed by atoms with Gasteiger partial charge in [-0.05, 0) is 34.0 Å². The maximum absolute atomic E-state index is 6.05. The van der Waals surface area contributed by atoms with E-state index in [1.54, 1.807) is 11.8 Å². The van der Waals surface area contributed by atoms with Crippen LogP contribution in [0.1, 0.15) is 27.7 Å². The van der Waals surface area contributed by atoms with Crippen molar-refractivity contribution in [3.63, 3.8) is 0 Å². The van der Waals surface area contributed by atoms with Gasteiger partial charge in [0.15, 0.2) is 11.6 Å². The molecule has 0 unspecified atom stereocenters. The lowest BCUT2D eigenvalue weighted by Gasteiger charge is -2.43. The van der Waals surface area contributed by atoms with Gasteiger partial charge in [-0.2, -0.15) is 0 Å². The number of rotatable bonds is 3. The highest BCUT2D eigenvalue weighted by Gasteiger charge is 2.63. The van der Waals surface area contributed by atoms with E-state index in [0.29, 0.717) is 19.2 Å². The molecule has 3 aliphatic rings. The highest BCUT2D eigenvalue weighted by molar-refractivity contribution is 7.98. The van der Waals surface area contributed by atoms with Gasteiger partial charge in [0.05, 0.1) is 12.5 Å². The van der Waals surface area contributed by atoms with Crippen LogP contribution in [0, 0.1) is 0 Å². The Labute approximate surface area is 129 Å². The van der Waals surface area contributed by atoms with Crippen molar-refractivity contribution < 1.29 is 28.4 Å². The third-order valence-electron chi connectivity index (χ3n) is 3.85. The van der Waals surface area contributed by atoms with Gasteiger partial charge in [-0.25, -0.2) is 0 Å². The molecule has 3 rings (SSSR count). The van der Waals surface area contributed by atoms with Crippen molar-refractivity contribution in [3.8, 4) is 0 Å². The van der Waals surface area contributed by atoms with Crippen molar-refractivity contribution in [2.24, 2.45) is 0 Å². The van der Waals surface area contributed by atoms with Gasteiger partial charge in [0.1, 0.15) is 24.9 Å². The Bertz CT molecular complexity index is 399. The summed E-state index contributed by atoms with van der Waals surface area (Å²) in [5.41, 5.74) is 0. The SMILES string of the molecule is CSCO[C@H]1[C@@H]2OC(C)(C)O[C@@H]2CO[C@]12COC(C)(C)O2. The summed E-state index contributed by atoms with van der Waals surface area (Å²) in [5, 5.41) is 0. The Kier molecular flexibility index (Phi) is 4.06. The Morgan fingerprint density at radius 1 is 1.10 bits per heavy atom. The Hall–Kier alpha value is 0.110. The first-order valence-electron chi connectivity index (χ1n) is 7.21. The van der Waals surface area contributed by atoms with Gasteiger partial charge >= 0.3 is 0 Å². The van der Waals surface area contributed by atoms with Gasteiger partial charge in [-0.15, -0.1) is 11.8 Å². The Morgan fingerprint density at radius 2 is 1.86 bits per heavy atom. The largest absolute Gasteiger partial charge is 0.359 e. The van der Waals surface area contributed by atoms with Crippen molar-refractivity contribution in [3.05, 3.63) is 0 Å². The summed E-state index contributed by atoms with van der Waals surface area (Å²) in [6.07, 6.45) is 1.23. The van der Waals surface area contributed by atoms with Crippen LogP contribution in [0.3, 0.4) is 0 Å². The van der Waals surface area contributed by atoms with Gasteiger partial charge < -0.3 is 28.4 Å². The van der Waals surface area contributed by atoms with Crippen LogP contribution in [-0.4, -0.2) is 61.1 Å². The molecule has 0 saturated carbocycles. The summed E-state index contributed by atoms with van der Waals surface area (Å²) in [6, 6.07) is 0. The molecule has 0 amide bonds. The lowest BCUT2D eigenvalue weighted by Crippen LogP contribution is -2.62. The predicted molar refractivity (Wildman–Crippen MR) is 76.9 cm³/mol. The predicted octanol–water partition coefficient (Wildman–Crippen LogP) is 1.72. The molecule has 0 aromatic heterocycles. The van der Waals surface area contributed by atoms with Crippen LogP contribution < -0.4 is 0 Å². The standard InChI is InChI=1S/C14H24O6S/c1-12(2)17-7-14(20-12)11(15-8-21-5)10-9(6-16-14)18-13(3,4)19-10/h9-11H,6-8H2,1-5H3/t9-,10-,11+,14+/m1/s1. The van der Waals surface area contributed by atoms with Crippen LogP contribution in [0.2, 0.25) is 0 Å². The minimum Gasteiger partial charge on any atom is -0.359 e. The van der Waals surface area contributed by atoms with Crippen LogP contribution in [-0.2, 0) is 28.4 Å². The molecule has 3 heterocycles. The summed E-state index contributed by atoms with van der Waals surface area (Å²) in [5.74, 6) is -1.72. The lowest BCUT2D eigenvalue weighted by atomic mass is 9.97. The van der Waals surface area contributed by atoms with Crippen LogP contribution in [0.15, 0.2) is 0 Å². The number of hydrogen-bond acceptors (Lipinski definition) is 7. The molecule has 3 saturated heterocycles. The first kappa shape index (κ1) is 16.0. The molecule has 3 fully saturated rings. The highest BCUT2D eigenvalue weighted by Crippen LogP contribution is 2.45. The number of thioether (sulfide) groups is 1. The normalized spacial score (nSPS) is 44.1. The molecule has 1 spiro atoms. The second kappa shape index (κ2) is 5.33. The van der Waals surface area contributed by atoms with Crippen molar-refractivity contribution in [2.45, 2.75) is 63.4 Å². The number of ether oxygens (including phenoxy) is 6. The molecule has 7 heteroatoms. The van der Waals surface area contributed by atoms with Crippen molar-refractivity contribution in [1.29, 1.82) is 0 Å². The van der Waals surface area contributed by atoms with Gasteiger partial charge in [-0.1, -0.05) is 0 Å². The fraction of sp³-hybridized carbons (Fsp3) is 1.00. The Balaban J connectivity index is 1.84. The molecule has 0 bridgehead atoms. The first-order valence-corrected chi connectivity index (χ1v) is 8.61. The van der Waals surface area contributed by atoms with Gasteiger partial charge in [0.25, 0.3) is 0 Å². The fourth-order valence-corrected chi connectivity index (χ4v) is 3.41. The van der Waals surface area contributed by atoms with E-state index in [-0.39, 0.29) is 18.3 Å². The Morgan fingerprint density at radius 3 is 2.48 bits per heavy atom. The summed E-state index contributed by atoms with van der Waals surface area (Å²) < 4.78 is 35.7. The van der Waals surface area contributed by atoms with Gasteiger partial charge in [0, 0.05) is 0 Å². The minimum atomic E-state index is -0.926. The molecule has 6 nitrogen and oxygen atoms in total. The second-order valence-electron chi connectivity index (χ2n) is 6.55. The van der Waals surface area contributed by atoms with Crippen molar-refractivity contribution >= 4 is 11.8 Å². The second-order valence-corrected chi connectivity index (χ2v) is 7.36. The van der Waals surface area contributed by atoms with Crippen LogP contribution in [0.5, 0.6) is 0 Å². The van der Waals surface area contributed by atoms with Gasteiger partial charge in [0.2, 0.25) is 5.79 Å². The van der Waals surface area contributed by atoms with E-state index >= 15 is 0 Å². The third kappa shape index (κ3) is 2.97. The molecule has 21 heavy (non-hydrogen) atoms. The molecule has 0 radical (unpaired) electrons. The number of fused-ring (bicyclic) bond motifs is 1. The van der Waals surface area contributed by atoms with E-state index in [9.17, 15) is 0 Å². The van der Waals surface area contributed by atoms with E-state index in [2.05, 4.69) is 0 Å². The lowest BCUT2D eigenvalue weighted by molar-refractivity contribution is -0.331. The quantitative estimate of drug-likeness (QED) is 0.734. The zero-order valence-electron chi connectivity index (χ0n) is 13.2. The first-order chi connectivity index (χ1) is 9.77. The van der Waals surface area contributed by atoms with E-state index in [0.717, 1.165) is 0 Å². The average Bonchev–Trinajstić information content (AvgIpc) is 2.85. The maximum Gasteiger partial charge on any atom is 0.224 e. The molecule has 0 aromatic rings. The van der Waals surface area contributed by atoms with Crippen molar-refractivity contribution in [2.75, 3.05) is 25.4 Å². The van der Waals surface area contributed by atoms with E-state index in [1.807, 2.05) is 34.0 Å². The summed E-state index contributed by atoms with van der Waals surface area (Å²) >= 11 is 1.60. The molecule has 0 aliphatic carbocycles. The molecular weight excluding hydrogens is 296 g/mol. The minimum absolute atomic E-state index is 0.148. The van der Waals surface area contributed by atoms with E-state index in [1.165, 1.54) is 0 Å². The molecule has 3 aliphatic heterocycles. The van der Waals surface area contributed by atoms with Crippen LogP contribution in [0.25, 0.3) is 0 Å². The zero-order valence-corrected chi connectivity index (χ0v) is 14.0. The van der Waals surface area contributed by atoms with Crippen LogP contribution >= 0.6 is 11.8 Å². The molecule has 122 valence electrons. The topological polar surface area (TPSA) is 55.4 Å².